The number of ketones is 1. The van der Waals surface area contributed by atoms with Gasteiger partial charge in [-0.05, 0) is 68.4 Å². The van der Waals surface area contributed by atoms with Crippen molar-refractivity contribution >= 4 is 17.4 Å². The number of hydrogen-bond acceptors (Lipinski definition) is 6. The van der Waals surface area contributed by atoms with Crippen LogP contribution in [-0.4, -0.2) is 66.5 Å². The summed E-state index contributed by atoms with van der Waals surface area (Å²) in [7, 11) is 1.58. The van der Waals surface area contributed by atoms with Crippen molar-refractivity contribution in [2.75, 3.05) is 39.9 Å². The summed E-state index contributed by atoms with van der Waals surface area (Å²) in [6.07, 6.45) is 0. The highest BCUT2D eigenvalue weighted by Gasteiger charge is 2.46. The first-order valence-electron chi connectivity index (χ1n) is 11.7. The molecule has 0 aliphatic carbocycles. The summed E-state index contributed by atoms with van der Waals surface area (Å²) in [6.45, 7) is 11.1. The Labute approximate surface area is 201 Å². The van der Waals surface area contributed by atoms with Crippen molar-refractivity contribution in [3.63, 3.8) is 0 Å². The minimum atomic E-state index is -0.687. The van der Waals surface area contributed by atoms with Gasteiger partial charge in [0, 0.05) is 18.7 Å². The predicted molar refractivity (Wildman–Crippen MR) is 132 cm³/mol. The van der Waals surface area contributed by atoms with Crippen LogP contribution >= 0.6 is 0 Å². The first-order valence-corrected chi connectivity index (χ1v) is 11.7. The minimum Gasteiger partial charge on any atom is -0.507 e. The van der Waals surface area contributed by atoms with Crippen molar-refractivity contribution in [2.45, 2.75) is 33.7 Å². The molecule has 3 rings (SSSR count). The van der Waals surface area contributed by atoms with E-state index in [0.717, 1.165) is 24.2 Å². The van der Waals surface area contributed by atoms with Gasteiger partial charge in [-0.1, -0.05) is 26.0 Å². The second-order valence-corrected chi connectivity index (χ2v) is 8.21. The number of rotatable bonds is 10. The van der Waals surface area contributed by atoms with E-state index in [4.69, 9.17) is 9.47 Å². The number of hydrogen-bond donors (Lipinski definition) is 1. The maximum atomic E-state index is 13.2. The molecule has 0 aromatic heterocycles. The topological polar surface area (TPSA) is 79.3 Å². The largest absolute Gasteiger partial charge is 0.507 e. The number of carbonyl (C=O) groups is 2. The third kappa shape index (κ3) is 5.09. The fraction of sp³-hybridized carbons (Fsp3) is 0.407. The summed E-state index contributed by atoms with van der Waals surface area (Å²) in [4.78, 5) is 30.1. The first-order chi connectivity index (χ1) is 16.4. The number of carbonyl (C=O) groups excluding carboxylic acids is 2. The number of likely N-dealkylation sites (N-methyl/N-ethyl adjacent to an activating group) is 1. The standard InChI is InChI=1S/C27H34N2O5/c1-6-28(7-2)15-16-29-24(19-9-12-21(33-5)13-10-19)23(26(31)27(29)32)25(30)20-11-14-22(34-8-3)18(4)17-20/h9-14,17,24,30H,6-8,15-16H2,1-5H3/b25-23+. The molecule has 1 aliphatic heterocycles. The van der Waals surface area contributed by atoms with Crippen LogP contribution in [0.5, 0.6) is 11.5 Å². The Kier molecular flexibility index (Phi) is 8.34. The lowest BCUT2D eigenvalue weighted by Crippen LogP contribution is -2.38. The third-order valence-electron chi connectivity index (χ3n) is 6.27. The van der Waals surface area contributed by atoms with Gasteiger partial charge in [-0.2, -0.15) is 0 Å². The molecular formula is C27H34N2O5. The summed E-state index contributed by atoms with van der Waals surface area (Å²) >= 11 is 0. The molecule has 1 unspecified atom stereocenters. The van der Waals surface area contributed by atoms with Gasteiger partial charge in [0.1, 0.15) is 17.3 Å². The zero-order valence-electron chi connectivity index (χ0n) is 20.6. The van der Waals surface area contributed by atoms with Gasteiger partial charge < -0.3 is 24.4 Å². The Bertz CT molecular complexity index is 1060. The fourth-order valence-electron chi connectivity index (χ4n) is 4.30. The fourth-order valence-corrected chi connectivity index (χ4v) is 4.30. The molecule has 0 bridgehead atoms. The van der Waals surface area contributed by atoms with Crippen molar-refractivity contribution in [3.05, 3.63) is 64.7 Å². The van der Waals surface area contributed by atoms with Crippen LogP contribution in [0.2, 0.25) is 0 Å². The molecule has 1 amide bonds. The van der Waals surface area contributed by atoms with Gasteiger partial charge in [0.05, 0.1) is 25.3 Å². The lowest BCUT2D eigenvalue weighted by molar-refractivity contribution is -0.140. The van der Waals surface area contributed by atoms with E-state index in [1.54, 1.807) is 42.3 Å². The predicted octanol–water partition coefficient (Wildman–Crippen LogP) is 4.17. The van der Waals surface area contributed by atoms with E-state index in [1.165, 1.54) is 0 Å². The van der Waals surface area contributed by atoms with Crippen molar-refractivity contribution in [3.8, 4) is 11.5 Å². The summed E-state index contributed by atoms with van der Waals surface area (Å²) in [6, 6.07) is 11.8. The number of aryl methyl sites for hydroxylation is 1. The minimum absolute atomic E-state index is 0.0956. The van der Waals surface area contributed by atoms with Crippen molar-refractivity contribution < 1.29 is 24.2 Å². The molecule has 0 radical (unpaired) electrons. The SMILES string of the molecule is CCOc1ccc(/C(O)=C2\C(=O)C(=O)N(CCN(CC)CC)C2c2ccc(OC)cc2)cc1C. The van der Waals surface area contributed by atoms with Crippen LogP contribution < -0.4 is 9.47 Å². The van der Waals surface area contributed by atoms with Crippen LogP contribution in [0, 0.1) is 6.92 Å². The highest BCUT2D eigenvalue weighted by atomic mass is 16.5. The van der Waals surface area contributed by atoms with Gasteiger partial charge in [0.2, 0.25) is 0 Å². The zero-order valence-corrected chi connectivity index (χ0v) is 20.6. The van der Waals surface area contributed by atoms with Crippen LogP contribution in [-0.2, 0) is 9.59 Å². The maximum absolute atomic E-state index is 13.2. The number of amides is 1. The molecule has 182 valence electrons. The van der Waals surface area contributed by atoms with Crippen LogP contribution in [0.3, 0.4) is 0 Å². The van der Waals surface area contributed by atoms with Gasteiger partial charge in [0.25, 0.3) is 11.7 Å². The van der Waals surface area contributed by atoms with Gasteiger partial charge in [-0.15, -0.1) is 0 Å². The summed E-state index contributed by atoms with van der Waals surface area (Å²) in [5, 5.41) is 11.3. The van der Waals surface area contributed by atoms with E-state index in [1.807, 2.05) is 26.0 Å². The first kappa shape index (κ1) is 25.3. The molecule has 2 aromatic carbocycles. The molecule has 0 saturated carbocycles. The third-order valence-corrected chi connectivity index (χ3v) is 6.27. The van der Waals surface area contributed by atoms with Crippen molar-refractivity contribution in [2.24, 2.45) is 0 Å². The van der Waals surface area contributed by atoms with Gasteiger partial charge in [-0.25, -0.2) is 0 Å². The van der Waals surface area contributed by atoms with E-state index in [0.29, 0.717) is 36.8 Å². The second-order valence-electron chi connectivity index (χ2n) is 8.21. The van der Waals surface area contributed by atoms with Crippen LogP contribution in [0.25, 0.3) is 5.76 Å². The number of methoxy groups -OCH3 is 1. The molecule has 34 heavy (non-hydrogen) atoms. The Hall–Kier alpha value is -3.32. The number of benzene rings is 2. The number of Topliss-reactive ketones (excluding diaryl/α,β-unsaturated/α-hetero) is 1. The highest BCUT2D eigenvalue weighted by Crippen LogP contribution is 2.40. The van der Waals surface area contributed by atoms with Crippen LogP contribution in [0.15, 0.2) is 48.0 Å². The van der Waals surface area contributed by atoms with E-state index in [-0.39, 0.29) is 11.3 Å². The van der Waals surface area contributed by atoms with Crippen LogP contribution in [0.4, 0.5) is 0 Å². The van der Waals surface area contributed by atoms with Gasteiger partial charge in [0.15, 0.2) is 0 Å². The van der Waals surface area contributed by atoms with E-state index in [2.05, 4.69) is 18.7 Å². The molecule has 1 fully saturated rings. The molecule has 1 atom stereocenters. The van der Waals surface area contributed by atoms with E-state index in [9.17, 15) is 14.7 Å². The Morgan fingerprint density at radius 3 is 2.29 bits per heavy atom. The molecule has 1 saturated heterocycles. The Morgan fingerprint density at radius 2 is 1.74 bits per heavy atom. The summed E-state index contributed by atoms with van der Waals surface area (Å²) in [5.41, 5.74) is 2.14. The normalized spacial score (nSPS) is 17.5. The number of ether oxygens (including phenoxy) is 2. The summed E-state index contributed by atoms with van der Waals surface area (Å²) < 4.78 is 10.9. The lowest BCUT2D eigenvalue weighted by atomic mass is 9.94. The molecule has 2 aromatic rings. The Morgan fingerprint density at radius 1 is 1.06 bits per heavy atom. The Balaban J connectivity index is 2.09. The number of nitrogens with zero attached hydrogens (tertiary/aromatic N) is 2. The number of aliphatic hydroxyl groups excluding tert-OH is 1. The average Bonchev–Trinajstić information content (AvgIpc) is 3.10. The smallest absolute Gasteiger partial charge is 0.295 e. The monoisotopic (exact) mass is 466 g/mol. The lowest BCUT2D eigenvalue weighted by Gasteiger charge is -2.28. The van der Waals surface area contributed by atoms with Gasteiger partial charge in [-0.3, -0.25) is 9.59 Å². The number of aliphatic hydroxyl groups is 1. The summed E-state index contributed by atoms with van der Waals surface area (Å²) in [5.74, 6) is -0.0753. The quantitative estimate of drug-likeness (QED) is 0.322. The molecular weight excluding hydrogens is 432 g/mol. The molecule has 7 heteroatoms. The molecule has 1 N–H and O–H groups in total. The molecule has 0 spiro atoms. The molecule has 7 nitrogen and oxygen atoms in total. The van der Waals surface area contributed by atoms with Crippen LogP contribution in [0.1, 0.15) is 43.5 Å². The highest BCUT2D eigenvalue weighted by molar-refractivity contribution is 6.46. The van der Waals surface area contributed by atoms with E-state index < -0.39 is 17.7 Å². The van der Waals surface area contributed by atoms with Crippen molar-refractivity contribution in [1.82, 2.24) is 9.80 Å². The van der Waals surface area contributed by atoms with Gasteiger partial charge >= 0.3 is 0 Å². The molecule has 1 aliphatic rings. The number of likely N-dealkylation sites (tertiary alicyclic amines) is 1. The van der Waals surface area contributed by atoms with Crippen molar-refractivity contribution in [1.29, 1.82) is 0 Å². The maximum Gasteiger partial charge on any atom is 0.295 e. The molecule has 1 heterocycles. The zero-order chi connectivity index (χ0) is 24.8. The second kappa shape index (κ2) is 11.2. The average molecular weight is 467 g/mol. The van der Waals surface area contributed by atoms with E-state index >= 15 is 0 Å².